The van der Waals surface area contributed by atoms with E-state index in [2.05, 4.69) is 20.5 Å². The average Bonchev–Trinajstić information content (AvgIpc) is 3.33. The van der Waals surface area contributed by atoms with Crippen molar-refractivity contribution in [2.45, 2.75) is 19.0 Å². The maximum atomic E-state index is 12.3. The fourth-order valence-electron chi connectivity index (χ4n) is 2.96. The molecule has 0 saturated carbocycles. The van der Waals surface area contributed by atoms with Crippen LogP contribution in [-0.4, -0.2) is 35.2 Å². The largest absolute Gasteiger partial charge is 0.497 e. The monoisotopic (exact) mass is 378 g/mol. The minimum absolute atomic E-state index is 0.187. The molecule has 0 radical (unpaired) electrons. The highest BCUT2D eigenvalue weighted by atomic mass is 16.6. The Labute approximate surface area is 161 Å². The molecule has 0 aliphatic carbocycles. The zero-order valence-electron chi connectivity index (χ0n) is 15.3. The van der Waals surface area contributed by atoms with E-state index in [1.54, 1.807) is 14.0 Å². The number of benzene rings is 2. The van der Waals surface area contributed by atoms with Gasteiger partial charge in [0.2, 0.25) is 5.89 Å². The molecule has 1 N–H and O–H groups in total. The third-order valence-electron chi connectivity index (χ3n) is 4.33. The Bertz CT molecular complexity index is 999. The number of hydrogen-bond acceptors (Lipinski definition) is 8. The van der Waals surface area contributed by atoms with Crippen LogP contribution in [0.25, 0.3) is 11.5 Å². The highest BCUT2D eigenvalue weighted by Crippen LogP contribution is 2.30. The minimum Gasteiger partial charge on any atom is -0.497 e. The second kappa shape index (κ2) is 7.51. The fraction of sp³-hybridized carbons (Fsp3) is 0.200. The van der Waals surface area contributed by atoms with Gasteiger partial charge >= 0.3 is 12.0 Å². The molecule has 1 aliphatic rings. The van der Waals surface area contributed by atoms with Crippen LogP contribution in [-0.2, 0) is 9.53 Å². The Balaban J connectivity index is 1.64. The van der Waals surface area contributed by atoms with Crippen molar-refractivity contribution in [3.05, 3.63) is 60.2 Å². The number of carbonyl (C=O) groups excluding carboxylic acids is 1. The second-order valence-corrected chi connectivity index (χ2v) is 6.19. The van der Waals surface area contributed by atoms with E-state index in [0.717, 1.165) is 11.1 Å². The van der Waals surface area contributed by atoms with Gasteiger partial charge in [0.1, 0.15) is 5.75 Å². The predicted molar refractivity (Wildman–Crippen MR) is 102 cm³/mol. The first-order chi connectivity index (χ1) is 13.6. The topological polar surface area (TPSA) is 98.8 Å². The summed E-state index contributed by atoms with van der Waals surface area (Å²) in [5, 5.41) is 11.3. The Morgan fingerprint density at radius 2 is 1.82 bits per heavy atom. The van der Waals surface area contributed by atoms with Crippen LogP contribution in [0.15, 0.2) is 64.0 Å². The molecule has 0 unspecified atom stereocenters. The normalized spacial score (nSPS) is 17.0. The van der Waals surface area contributed by atoms with Crippen molar-refractivity contribution in [1.29, 1.82) is 0 Å². The number of ether oxygens (including phenoxy) is 2. The molecule has 3 aromatic rings. The number of hydrogen-bond donors (Lipinski definition) is 1. The van der Waals surface area contributed by atoms with Crippen LogP contribution in [0.3, 0.4) is 0 Å². The first-order valence-corrected chi connectivity index (χ1v) is 8.69. The Morgan fingerprint density at radius 1 is 1.07 bits per heavy atom. The standard InChI is InChI=1S/C20H18N4O4/c1-12-21-17(19(25)27-12)16(13-8-10-15(26-2)11-9-13)22-20-24-23-18(28-20)14-6-4-3-5-7-14/h3-11,16-17H,1-2H3,(H,22,24)/t16-,17+/m1/s1. The second-order valence-electron chi connectivity index (χ2n) is 6.19. The molecule has 2 atom stereocenters. The molecule has 4 rings (SSSR count). The van der Waals surface area contributed by atoms with Crippen molar-refractivity contribution in [2.75, 3.05) is 12.4 Å². The summed E-state index contributed by atoms with van der Waals surface area (Å²) in [5.41, 5.74) is 1.61. The van der Waals surface area contributed by atoms with Crippen LogP contribution in [0.2, 0.25) is 0 Å². The van der Waals surface area contributed by atoms with E-state index in [9.17, 15) is 4.79 Å². The summed E-state index contributed by atoms with van der Waals surface area (Å²) in [4.78, 5) is 16.6. The third kappa shape index (κ3) is 3.57. The molecule has 28 heavy (non-hydrogen) atoms. The van der Waals surface area contributed by atoms with E-state index in [4.69, 9.17) is 13.9 Å². The molecule has 8 heteroatoms. The number of aliphatic imine (C=N–C) groups is 1. The first-order valence-electron chi connectivity index (χ1n) is 8.69. The maximum absolute atomic E-state index is 12.3. The molecule has 0 saturated heterocycles. The molecule has 2 heterocycles. The van der Waals surface area contributed by atoms with E-state index < -0.39 is 18.1 Å². The number of cyclic esters (lactones) is 1. The van der Waals surface area contributed by atoms with Crippen LogP contribution in [0.4, 0.5) is 6.01 Å². The predicted octanol–water partition coefficient (Wildman–Crippen LogP) is 3.24. The Morgan fingerprint density at radius 3 is 2.46 bits per heavy atom. The van der Waals surface area contributed by atoms with Gasteiger partial charge in [-0.1, -0.05) is 35.4 Å². The highest BCUT2D eigenvalue weighted by molar-refractivity contribution is 5.96. The summed E-state index contributed by atoms with van der Waals surface area (Å²) >= 11 is 0. The molecule has 1 aromatic heterocycles. The lowest BCUT2D eigenvalue weighted by Crippen LogP contribution is -2.29. The molecule has 142 valence electrons. The zero-order chi connectivity index (χ0) is 19.5. The van der Waals surface area contributed by atoms with Crippen LogP contribution >= 0.6 is 0 Å². The van der Waals surface area contributed by atoms with Crippen molar-refractivity contribution in [3.63, 3.8) is 0 Å². The molecular formula is C20H18N4O4. The summed E-state index contributed by atoms with van der Waals surface area (Å²) in [6.45, 7) is 1.64. The van der Waals surface area contributed by atoms with Gasteiger partial charge in [0, 0.05) is 12.5 Å². The average molecular weight is 378 g/mol. The van der Waals surface area contributed by atoms with E-state index in [1.165, 1.54) is 0 Å². The summed E-state index contributed by atoms with van der Waals surface area (Å²) in [7, 11) is 1.59. The van der Waals surface area contributed by atoms with Crippen molar-refractivity contribution in [2.24, 2.45) is 4.99 Å². The lowest BCUT2D eigenvalue weighted by atomic mass is 10.00. The van der Waals surface area contributed by atoms with Crippen LogP contribution in [0, 0.1) is 0 Å². The van der Waals surface area contributed by atoms with Gasteiger partial charge in [-0.05, 0) is 29.8 Å². The number of nitrogens with one attached hydrogen (secondary N) is 1. The van der Waals surface area contributed by atoms with Crippen LogP contribution in [0.5, 0.6) is 5.75 Å². The number of esters is 1. The van der Waals surface area contributed by atoms with Gasteiger partial charge in [-0.25, -0.2) is 9.79 Å². The summed E-state index contributed by atoms with van der Waals surface area (Å²) < 4.78 is 16.0. The quantitative estimate of drug-likeness (QED) is 0.657. The number of anilines is 1. The lowest BCUT2D eigenvalue weighted by Gasteiger charge is -2.20. The van der Waals surface area contributed by atoms with Gasteiger partial charge in [0.05, 0.1) is 13.2 Å². The van der Waals surface area contributed by atoms with Gasteiger partial charge < -0.3 is 19.2 Å². The molecule has 8 nitrogen and oxygen atoms in total. The minimum atomic E-state index is -0.763. The zero-order valence-corrected chi connectivity index (χ0v) is 15.3. The smallest absolute Gasteiger partial charge is 0.339 e. The number of rotatable bonds is 6. The van der Waals surface area contributed by atoms with E-state index in [0.29, 0.717) is 17.5 Å². The van der Waals surface area contributed by atoms with Crippen molar-refractivity contribution < 1.29 is 18.7 Å². The Kier molecular flexibility index (Phi) is 4.76. The molecule has 0 amide bonds. The first kappa shape index (κ1) is 17.7. The molecule has 2 aromatic carbocycles. The SMILES string of the molecule is COc1ccc([C@@H](Nc2nnc(-c3ccccc3)o2)[C@@H]2N=C(C)OC2=O)cc1. The number of methoxy groups -OCH3 is 1. The fourth-order valence-corrected chi connectivity index (χ4v) is 2.96. The third-order valence-corrected chi connectivity index (χ3v) is 4.33. The van der Waals surface area contributed by atoms with Gasteiger partial charge in [-0.15, -0.1) is 5.10 Å². The summed E-state index contributed by atoms with van der Waals surface area (Å²) in [6, 6.07) is 15.6. The lowest BCUT2D eigenvalue weighted by molar-refractivity contribution is -0.135. The van der Waals surface area contributed by atoms with Crippen molar-refractivity contribution in [3.8, 4) is 17.2 Å². The van der Waals surface area contributed by atoms with Gasteiger partial charge in [-0.3, -0.25) is 0 Å². The molecule has 0 bridgehead atoms. The summed E-state index contributed by atoms with van der Waals surface area (Å²) in [5.74, 6) is 0.977. The van der Waals surface area contributed by atoms with Gasteiger partial charge in [0.25, 0.3) is 0 Å². The highest BCUT2D eigenvalue weighted by Gasteiger charge is 2.36. The van der Waals surface area contributed by atoms with E-state index in [1.807, 2.05) is 54.6 Å². The van der Waals surface area contributed by atoms with E-state index in [-0.39, 0.29) is 6.01 Å². The number of carbonyl (C=O) groups is 1. The molecular weight excluding hydrogens is 360 g/mol. The molecule has 1 aliphatic heterocycles. The Hall–Kier alpha value is -3.68. The van der Waals surface area contributed by atoms with Gasteiger partial charge in [0.15, 0.2) is 11.9 Å². The van der Waals surface area contributed by atoms with E-state index >= 15 is 0 Å². The summed E-state index contributed by atoms with van der Waals surface area (Å²) in [6.07, 6.45) is 0. The van der Waals surface area contributed by atoms with Crippen molar-refractivity contribution >= 4 is 17.9 Å². The maximum Gasteiger partial charge on any atom is 0.339 e. The van der Waals surface area contributed by atoms with Crippen molar-refractivity contribution in [1.82, 2.24) is 10.2 Å². The number of nitrogens with zero attached hydrogens (tertiary/aromatic N) is 3. The van der Waals surface area contributed by atoms with Crippen LogP contribution < -0.4 is 10.1 Å². The molecule has 0 fully saturated rings. The van der Waals surface area contributed by atoms with Crippen LogP contribution in [0.1, 0.15) is 18.5 Å². The molecule has 0 spiro atoms. The number of aromatic nitrogens is 2. The van der Waals surface area contributed by atoms with Gasteiger partial charge in [-0.2, -0.15) is 0 Å².